The molecule has 1 aromatic heterocycles. The van der Waals surface area contributed by atoms with E-state index >= 15 is 0 Å². The van der Waals surface area contributed by atoms with Crippen molar-refractivity contribution >= 4 is 49.8 Å². The molecule has 1 heterocycles. The Morgan fingerprint density at radius 3 is 2.58 bits per heavy atom. The number of aromatic nitrogens is 2. The monoisotopic (exact) mass is 417 g/mol. The fourth-order valence-corrected chi connectivity index (χ4v) is 3.73. The minimum absolute atomic E-state index is 0.0266. The standard InChI is InChI=1S/C13H15N5O5S3/c1-17(26(2,22)23)7-11(19)14-12-15-16-13(25-12)24-8-9-3-5-10(6-4-9)18(20)21/h3-6H,7-8H2,1-2H3,(H,14,15,19). The van der Waals surface area contributed by atoms with Gasteiger partial charge in [0.05, 0.1) is 17.7 Å². The van der Waals surface area contributed by atoms with Gasteiger partial charge in [0, 0.05) is 24.9 Å². The first-order valence-electron chi connectivity index (χ1n) is 7.06. The molecule has 1 aromatic carbocycles. The second-order valence-electron chi connectivity index (χ2n) is 5.15. The lowest BCUT2D eigenvalue weighted by atomic mass is 10.2. The van der Waals surface area contributed by atoms with Gasteiger partial charge in [-0.1, -0.05) is 35.2 Å². The van der Waals surface area contributed by atoms with Gasteiger partial charge in [0.2, 0.25) is 21.1 Å². The van der Waals surface area contributed by atoms with Crippen molar-refractivity contribution in [2.24, 2.45) is 0 Å². The number of hydrogen-bond acceptors (Lipinski definition) is 9. The van der Waals surface area contributed by atoms with E-state index in [0.717, 1.165) is 27.5 Å². The first-order chi connectivity index (χ1) is 12.1. The van der Waals surface area contributed by atoms with Gasteiger partial charge in [-0.2, -0.15) is 4.31 Å². The molecule has 0 bridgehead atoms. The number of anilines is 1. The molecular weight excluding hydrogens is 402 g/mol. The van der Waals surface area contributed by atoms with Crippen LogP contribution in [-0.2, 0) is 20.6 Å². The maximum absolute atomic E-state index is 11.8. The van der Waals surface area contributed by atoms with E-state index in [0.29, 0.717) is 10.1 Å². The van der Waals surface area contributed by atoms with Crippen molar-refractivity contribution in [2.75, 3.05) is 25.2 Å². The van der Waals surface area contributed by atoms with E-state index in [-0.39, 0.29) is 17.4 Å². The Bertz CT molecular complexity index is 897. The second kappa shape index (κ2) is 8.53. The molecule has 13 heteroatoms. The Balaban J connectivity index is 1.87. The molecule has 0 unspecified atom stereocenters. The van der Waals surface area contributed by atoms with E-state index in [1.165, 1.54) is 30.9 Å². The summed E-state index contributed by atoms with van der Waals surface area (Å²) in [5.41, 5.74) is 0.912. The van der Waals surface area contributed by atoms with E-state index in [2.05, 4.69) is 15.5 Å². The molecule has 26 heavy (non-hydrogen) atoms. The molecule has 0 radical (unpaired) electrons. The molecule has 0 fully saturated rings. The lowest BCUT2D eigenvalue weighted by molar-refractivity contribution is -0.384. The van der Waals surface area contributed by atoms with E-state index in [9.17, 15) is 23.3 Å². The van der Waals surface area contributed by atoms with E-state index in [4.69, 9.17) is 0 Å². The maximum atomic E-state index is 11.8. The number of likely N-dealkylation sites (N-methyl/N-ethyl adjacent to an activating group) is 1. The summed E-state index contributed by atoms with van der Waals surface area (Å²) in [5.74, 6) is 0.0261. The molecule has 140 valence electrons. The zero-order valence-corrected chi connectivity index (χ0v) is 16.2. The highest BCUT2D eigenvalue weighted by Gasteiger charge is 2.16. The molecule has 0 spiro atoms. The van der Waals surface area contributed by atoms with Crippen molar-refractivity contribution < 1.29 is 18.1 Å². The first-order valence-corrected chi connectivity index (χ1v) is 10.7. The lowest BCUT2D eigenvalue weighted by Gasteiger charge is -2.12. The molecule has 0 aliphatic heterocycles. The van der Waals surface area contributed by atoms with Gasteiger partial charge >= 0.3 is 0 Å². The number of amides is 1. The van der Waals surface area contributed by atoms with Crippen LogP contribution in [0.15, 0.2) is 28.6 Å². The summed E-state index contributed by atoms with van der Waals surface area (Å²) in [7, 11) is -2.13. The summed E-state index contributed by atoms with van der Waals surface area (Å²) in [6.45, 7) is -0.316. The third-order valence-electron chi connectivity index (χ3n) is 3.09. The van der Waals surface area contributed by atoms with Crippen molar-refractivity contribution in [2.45, 2.75) is 10.1 Å². The number of nitro groups is 1. The Labute approximate surface area is 157 Å². The Morgan fingerprint density at radius 1 is 1.35 bits per heavy atom. The highest BCUT2D eigenvalue weighted by molar-refractivity contribution is 8.00. The predicted molar refractivity (Wildman–Crippen MR) is 98.7 cm³/mol. The number of nitro benzene ring substituents is 1. The van der Waals surface area contributed by atoms with Crippen molar-refractivity contribution in [3.8, 4) is 0 Å². The summed E-state index contributed by atoms with van der Waals surface area (Å²) in [5, 5.41) is 21.1. The zero-order chi connectivity index (χ0) is 19.3. The second-order valence-corrected chi connectivity index (χ2v) is 9.44. The van der Waals surface area contributed by atoms with Crippen LogP contribution < -0.4 is 5.32 Å². The number of carbonyl (C=O) groups is 1. The number of thioether (sulfide) groups is 1. The quantitative estimate of drug-likeness (QED) is 0.296. The van der Waals surface area contributed by atoms with Crippen LogP contribution in [0.2, 0.25) is 0 Å². The van der Waals surface area contributed by atoms with Crippen molar-refractivity contribution in [3.63, 3.8) is 0 Å². The topological polar surface area (TPSA) is 135 Å². The van der Waals surface area contributed by atoms with Gasteiger partial charge in [0.25, 0.3) is 5.69 Å². The Kier molecular flexibility index (Phi) is 6.63. The summed E-state index contributed by atoms with van der Waals surface area (Å²) in [4.78, 5) is 22.0. The predicted octanol–water partition coefficient (Wildman–Crippen LogP) is 1.57. The maximum Gasteiger partial charge on any atom is 0.269 e. The fourth-order valence-electron chi connectivity index (χ4n) is 1.66. The fraction of sp³-hybridized carbons (Fsp3) is 0.308. The first kappa shape index (κ1) is 20.2. The molecule has 2 aromatic rings. The normalized spacial score (nSPS) is 11.5. The van der Waals surface area contributed by atoms with Crippen LogP contribution in [0.3, 0.4) is 0 Å². The largest absolute Gasteiger partial charge is 0.299 e. The van der Waals surface area contributed by atoms with Crippen LogP contribution in [0.4, 0.5) is 10.8 Å². The summed E-state index contributed by atoms with van der Waals surface area (Å²) in [6, 6.07) is 6.19. The molecule has 0 aliphatic rings. The van der Waals surface area contributed by atoms with Crippen LogP contribution in [0.25, 0.3) is 0 Å². The molecule has 0 aliphatic carbocycles. The van der Waals surface area contributed by atoms with Crippen LogP contribution in [0.5, 0.6) is 0 Å². The van der Waals surface area contributed by atoms with E-state index in [1.54, 1.807) is 12.1 Å². The van der Waals surface area contributed by atoms with Gasteiger partial charge in [-0.3, -0.25) is 20.2 Å². The van der Waals surface area contributed by atoms with Crippen LogP contribution in [-0.4, -0.2) is 53.6 Å². The molecule has 0 saturated carbocycles. The number of hydrogen-bond donors (Lipinski definition) is 1. The van der Waals surface area contributed by atoms with Crippen LogP contribution in [0, 0.1) is 10.1 Å². The SMILES string of the molecule is CN(CC(=O)Nc1nnc(SCc2ccc([N+](=O)[O-])cc2)s1)S(C)(=O)=O. The molecule has 0 saturated heterocycles. The van der Waals surface area contributed by atoms with Gasteiger partial charge in [-0.25, -0.2) is 8.42 Å². The molecule has 10 nitrogen and oxygen atoms in total. The van der Waals surface area contributed by atoms with E-state index in [1.807, 2.05) is 0 Å². The Hall–Kier alpha value is -2.09. The molecular formula is C13H15N5O5S3. The van der Waals surface area contributed by atoms with Gasteiger partial charge in [0.15, 0.2) is 4.34 Å². The number of nitrogens with zero attached hydrogens (tertiary/aromatic N) is 4. The minimum Gasteiger partial charge on any atom is -0.299 e. The summed E-state index contributed by atoms with van der Waals surface area (Å²) >= 11 is 2.53. The highest BCUT2D eigenvalue weighted by atomic mass is 32.2. The van der Waals surface area contributed by atoms with Gasteiger partial charge in [0.1, 0.15) is 0 Å². The van der Waals surface area contributed by atoms with Gasteiger partial charge in [-0.05, 0) is 5.56 Å². The number of carbonyl (C=O) groups excluding carboxylic acids is 1. The lowest BCUT2D eigenvalue weighted by Crippen LogP contribution is -2.34. The number of rotatable bonds is 8. The average Bonchev–Trinajstić information content (AvgIpc) is 2.99. The third kappa shape index (κ3) is 6.01. The van der Waals surface area contributed by atoms with Crippen LogP contribution >= 0.6 is 23.1 Å². The molecule has 1 amide bonds. The van der Waals surface area contributed by atoms with Crippen molar-refractivity contribution in [1.82, 2.24) is 14.5 Å². The molecule has 2 rings (SSSR count). The average molecular weight is 417 g/mol. The number of sulfonamides is 1. The number of non-ortho nitro benzene ring substituents is 1. The minimum atomic E-state index is -3.44. The third-order valence-corrected chi connectivity index (χ3v) is 6.40. The van der Waals surface area contributed by atoms with Gasteiger partial charge < -0.3 is 0 Å². The number of nitrogens with one attached hydrogen (secondary N) is 1. The number of benzene rings is 1. The zero-order valence-electron chi connectivity index (χ0n) is 13.8. The van der Waals surface area contributed by atoms with Crippen molar-refractivity contribution in [1.29, 1.82) is 0 Å². The summed E-state index contributed by atoms with van der Waals surface area (Å²) < 4.78 is 24.1. The van der Waals surface area contributed by atoms with Gasteiger partial charge in [-0.15, -0.1) is 10.2 Å². The van der Waals surface area contributed by atoms with E-state index < -0.39 is 20.9 Å². The van der Waals surface area contributed by atoms with Crippen molar-refractivity contribution in [3.05, 3.63) is 39.9 Å². The molecule has 0 atom stereocenters. The summed E-state index contributed by atoms with van der Waals surface area (Å²) in [6.07, 6.45) is 1.01. The molecule has 1 N–H and O–H groups in total. The smallest absolute Gasteiger partial charge is 0.269 e. The highest BCUT2D eigenvalue weighted by Crippen LogP contribution is 2.28. The Morgan fingerprint density at radius 2 is 2.00 bits per heavy atom. The van der Waals surface area contributed by atoms with Crippen LogP contribution in [0.1, 0.15) is 5.56 Å².